The molecule has 0 saturated carbocycles. The second-order valence-corrected chi connectivity index (χ2v) is 5.61. The van der Waals surface area contributed by atoms with E-state index >= 15 is 0 Å². The third-order valence-electron chi connectivity index (χ3n) is 2.73. The van der Waals surface area contributed by atoms with Gasteiger partial charge in [-0.1, -0.05) is 0 Å². The summed E-state index contributed by atoms with van der Waals surface area (Å²) in [6.07, 6.45) is 2.77. The Morgan fingerprint density at radius 1 is 1.47 bits per heavy atom. The maximum Gasteiger partial charge on any atom is 0.302 e. The number of rotatable bonds is 4. The summed E-state index contributed by atoms with van der Waals surface area (Å²) in [7, 11) is -3.13. The number of methoxy groups -OCH3 is 1. The van der Waals surface area contributed by atoms with E-state index in [1.807, 2.05) is 0 Å². The van der Waals surface area contributed by atoms with Crippen molar-refractivity contribution in [3.8, 4) is 5.75 Å². The van der Waals surface area contributed by atoms with Crippen molar-refractivity contribution in [2.24, 2.45) is 5.92 Å². The number of halogens is 1. The average molecular weight is 289 g/mol. The second-order valence-electron chi connectivity index (χ2n) is 4.20. The number of hydrogen-bond donors (Lipinski definition) is 0. The largest absolute Gasteiger partial charge is 0.494 e. The minimum absolute atomic E-state index is 0.0292. The molecule has 1 aromatic heterocycles. The molecule has 1 unspecified atom stereocenters. The molecule has 1 saturated heterocycles. The fourth-order valence-corrected chi connectivity index (χ4v) is 2.71. The van der Waals surface area contributed by atoms with Crippen molar-refractivity contribution in [1.82, 2.24) is 9.97 Å². The highest BCUT2D eigenvalue weighted by Gasteiger charge is 2.34. The van der Waals surface area contributed by atoms with E-state index < -0.39 is 21.9 Å². The Bertz CT molecular complexity index is 575. The highest BCUT2D eigenvalue weighted by Crippen LogP contribution is 2.24. The van der Waals surface area contributed by atoms with Crippen molar-refractivity contribution in [2.45, 2.75) is 6.42 Å². The van der Waals surface area contributed by atoms with Crippen molar-refractivity contribution in [3.05, 3.63) is 12.4 Å². The average Bonchev–Trinajstić information content (AvgIpc) is 2.68. The van der Waals surface area contributed by atoms with Crippen molar-refractivity contribution in [1.29, 1.82) is 0 Å². The van der Waals surface area contributed by atoms with Gasteiger partial charge in [0.15, 0.2) is 5.75 Å². The Kier molecular flexibility index (Phi) is 3.65. The van der Waals surface area contributed by atoms with Gasteiger partial charge in [-0.2, -0.15) is 8.42 Å². The summed E-state index contributed by atoms with van der Waals surface area (Å²) in [6, 6.07) is 0. The van der Waals surface area contributed by atoms with Crippen LogP contribution in [0.1, 0.15) is 6.42 Å². The second kappa shape index (κ2) is 5.08. The molecule has 9 heteroatoms. The number of amides is 1. The van der Waals surface area contributed by atoms with E-state index in [4.69, 9.17) is 4.74 Å². The highest BCUT2D eigenvalue weighted by atomic mass is 32.3. The van der Waals surface area contributed by atoms with Crippen LogP contribution in [0.3, 0.4) is 0 Å². The molecule has 1 aromatic rings. The first-order valence-corrected chi connectivity index (χ1v) is 7.03. The van der Waals surface area contributed by atoms with E-state index in [-0.39, 0.29) is 24.8 Å². The lowest BCUT2D eigenvalue weighted by Crippen LogP contribution is -2.27. The van der Waals surface area contributed by atoms with E-state index in [0.29, 0.717) is 5.75 Å². The van der Waals surface area contributed by atoms with Gasteiger partial charge < -0.3 is 4.74 Å². The smallest absolute Gasteiger partial charge is 0.302 e. The first kappa shape index (κ1) is 13.7. The number of carbonyl (C=O) groups excluding carboxylic acids is 1. The molecule has 0 N–H and O–H groups in total. The van der Waals surface area contributed by atoms with Crippen LogP contribution in [-0.2, 0) is 15.0 Å². The van der Waals surface area contributed by atoms with E-state index in [2.05, 4.69) is 9.97 Å². The summed E-state index contributed by atoms with van der Waals surface area (Å²) in [5, 5.41) is 0. The van der Waals surface area contributed by atoms with Crippen molar-refractivity contribution in [2.75, 3.05) is 24.3 Å². The predicted molar refractivity (Wildman–Crippen MR) is 63.9 cm³/mol. The summed E-state index contributed by atoms with van der Waals surface area (Å²) in [4.78, 5) is 20.8. The lowest BCUT2D eigenvalue weighted by atomic mass is 10.1. The van der Waals surface area contributed by atoms with Crippen LogP contribution < -0.4 is 9.64 Å². The van der Waals surface area contributed by atoms with Gasteiger partial charge in [-0.05, 0) is 0 Å². The van der Waals surface area contributed by atoms with E-state index in [0.717, 1.165) is 0 Å². The fraction of sp³-hybridized carbons (Fsp3) is 0.500. The minimum atomic E-state index is -4.59. The zero-order chi connectivity index (χ0) is 14.0. The van der Waals surface area contributed by atoms with Gasteiger partial charge in [-0.3, -0.25) is 9.69 Å². The minimum Gasteiger partial charge on any atom is -0.494 e. The van der Waals surface area contributed by atoms with Gasteiger partial charge in [0.25, 0.3) is 0 Å². The van der Waals surface area contributed by atoms with Crippen LogP contribution in [0.5, 0.6) is 5.75 Å². The van der Waals surface area contributed by atoms with Crippen molar-refractivity contribution >= 4 is 22.1 Å². The highest BCUT2D eigenvalue weighted by molar-refractivity contribution is 7.86. The molecule has 1 amide bonds. The predicted octanol–water partition coefficient (Wildman–Crippen LogP) is 0.137. The molecule has 0 bridgehead atoms. The van der Waals surface area contributed by atoms with Crippen molar-refractivity contribution < 1.29 is 21.8 Å². The molecule has 104 valence electrons. The maximum absolute atomic E-state index is 12.6. The van der Waals surface area contributed by atoms with Crippen LogP contribution in [0.2, 0.25) is 0 Å². The Morgan fingerprint density at radius 2 is 2.11 bits per heavy atom. The van der Waals surface area contributed by atoms with Crippen LogP contribution in [0, 0.1) is 5.92 Å². The topological polar surface area (TPSA) is 89.5 Å². The molecule has 0 spiro atoms. The molecule has 0 aliphatic carbocycles. The Labute approximate surface area is 109 Å². The summed E-state index contributed by atoms with van der Waals surface area (Å²) in [5.41, 5.74) is 0. The molecule has 1 aliphatic heterocycles. The van der Waals surface area contributed by atoms with E-state index in [9.17, 15) is 17.1 Å². The van der Waals surface area contributed by atoms with Gasteiger partial charge >= 0.3 is 10.2 Å². The first-order valence-electron chi connectivity index (χ1n) is 5.48. The van der Waals surface area contributed by atoms with Gasteiger partial charge in [0, 0.05) is 18.9 Å². The molecular formula is C10H12FN3O4S. The molecule has 7 nitrogen and oxygen atoms in total. The first-order chi connectivity index (χ1) is 8.89. The van der Waals surface area contributed by atoms with Gasteiger partial charge in [0.1, 0.15) is 0 Å². The van der Waals surface area contributed by atoms with E-state index in [1.54, 1.807) is 0 Å². The van der Waals surface area contributed by atoms with Crippen LogP contribution in [-0.4, -0.2) is 43.7 Å². The van der Waals surface area contributed by atoms with Gasteiger partial charge in [0.05, 0.1) is 25.3 Å². The molecule has 1 aliphatic rings. The lowest BCUT2D eigenvalue weighted by Gasteiger charge is -2.13. The van der Waals surface area contributed by atoms with Crippen molar-refractivity contribution in [3.63, 3.8) is 0 Å². The zero-order valence-corrected chi connectivity index (χ0v) is 10.9. The van der Waals surface area contributed by atoms with Crippen LogP contribution in [0.25, 0.3) is 0 Å². The molecule has 1 fully saturated rings. The number of carbonyl (C=O) groups is 1. The Hall–Kier alpha value is -1.77. The molecule has 2 heterocycles. The number of nitrogens with zero attached hydrogens (tertiary/aromatic N) is 3. The Morgan fingerprint density at radius 3 is 2.63 bits per heavy atom. The number of ether oxygens (including phenoxy) is 1. The molecule has 0 radical (unpaired) electrons. The normalized spacial score (nSPS) is 19.8. The molecular weight excluding hydrogens is 277 g/mol. The SMILES string of the molecule is COc1cnc(N2CC(CS(=O)(=O)F)CC2=O)nc1. The van der Waals surface area contributed by atoms with Crippen LogP contribution >= 0.6 is 0 Å². The fourth-order valence-electron chi connectivity index (χ4n) is 1.92. The summed E-state index contributed by atoms with van der Waals surface area (Å²) >= 11 is 0. The van der Waals surface area contributed by atoms with Gasteiger partial charge in [-0.25, -0.2) is 9.97 Å². The monoisotopic (exact) mass is 289 g/mol. The number of anilines is 1. The molecule has 2 rings (SSSR count). The number of hydrogen-bond acceptors (Lipinski definition) is 6. The Balaban J connectivity index is 2.11. The molecule has 19 heavy (non-hydrogen) atoms. The summed E-state index contributed by atoms with van der Waals surface area (Å²) in [5.74, 6) is -0.958. The van der Waals surface area contributed by atoms with Gasteiger partial charge in [0.2, 0.25) is 11.9 Å². The summed E-state index contributed by atoms with van der Waals surface area (Å²) < 4.78 is 38.6. The standard InChI is InChI=1S/C10H12FN3O4S/c1-18-8-3-12-10(13-4-8)14-5-7(2-9(14)15)6-19(11,16)17/h3-4,7H,2,5-6H2,1H3. The third-order valence-corrected chi connectivity index (χ3v) is 3.60. The molecule has 0 aromatic carbocycles. The van der Waals surface area contributed by atoms with Gasteiger partial charge in [-0.15, -0.1) is 3.89 Å². The van der Waals surface area contributed by atoms with Crippen LogP contribution in [0.4, 0.5) is 9.83 Å². The van der Waals surface area contributed by atoms with E-state index in [1.165, 1.54) is 24.4 Å². The summed E-state index contributed by atoms with van der Waals surface area (Å²) in [6.45, 7) is 0.0916. The lowest BCUT2D eigenvalue weighted by molar-refractivity contribution is -0.117. The quantitative estimate of drug-likeness (QED) is 0.732. The number of aromatic nitrogens is 2. The molecule has 1 atom stereocenters. The third kappa shape index (κ3) is 3.37. The maximum atomic E-state index is 12.6. The zero-order valence-electron chi connectivity index (χ0n) is 10.1. The van der Waals surface area contributed by atoms with Crippen LogP contribution in [0.15, 0.2) is 12.4 Å².